The molecule has 242 valence electrons. The minimum Gasteiger partial charge on any atom is -0.497 e. The normalized spacial score (nSPS) is 14.3. The van der Waals surface area contributed by atoms with Gasteiger partial charge in [-0.2, -0.15) is 0 Å². The average Bonchev–Trinajstić information content (AvgIpc) is 3.04. The maximum absolute atomic E-state index is 14.4. The van der Waals surface area contributed by atoms with Gasteiger partial charge in [-0.1, -0.05) is 67.6 Å². The number of rotatable bonds is 13. The molecule has 9 nitrogen and oxygen atoms in total. The smallest absolute Gasteiger partial charge is 0.264 e. The van der Waals surface area contributed by atoms with Crippen molar-refractivity contribution in [1.82, 2.24) is 10.2 Å². The van der Waals surface area contributed by atoms with Crippen LogP contribution in [0, 0.1) is 6.92 Å². The molecule has 1 aliphatic rings. The second kappa shape index (κ2) is 15.5. The molecule has 3 aromatic rings. The molecule has 0 unspecified atom stereocenters. The van der Waals surface area contributed by atoms with Crippen LogP contribution in [0.1, 0.15) is 56.6 Å². The summed E-state index contributed by atoms with van der Waals surface area (Å²) in [5.41, 5.74) is 1.77. The lowest BCUT2D eigenvalue weighted by Crippen LogP contribution is -2.54. The van der Waals surface area contributed by atoms with Crippen molar-refractivity contribution in [2.75, 3.05) is 25.1 Å². The van der Waals surface area contributed by atoms with Crippen molar-refractivity contribution in [2.24, 2.45) is 0 Å². The van der Waals surface area contributed by atoms with E-state index in [9.17, 15) is 18.0 Å². The summed E-state index contributed by atoms with van der Waals surface area (Å²) in [6.07, 6.45) is 5.36. The zero-order valence-electron chi connectivity index (χ0n) is 26.3. The van der Waals surface area contributed by atoms with Gasteiger partial charge in [-0.15, -0.1) is 0 Å². The molecule has 1 aliphatic carbocycles. The molecule has 0 saturated heterocycles. The maximum atomic E-state index is 14.4. The number of aryl methyl sites for hydroxylation is 1. The van der Waals surface area contributed by atoms with E-state index in [2.05, 4.69) is 5.32 Å². The van der Waals surface area contributed by atoms with Crippen LogP contribution in [-0.4, -0.2) is 58.0 Å². The van der Waals surface area contributed by atoms with Gasteiger partial charge in [0.1, 0.15) is 24.1 Å². The predicted octanol–water partition coefficient (Wildman–Crippen LogP) is 6.12. The Bertz CT molecular complexity index is 1560. The van der Waals surface area contributed by atoms with Crippen LogP contribution in [0.25, 0.3) is 0 Å². The Hall–Kier alpha value is -3.76. The second-order valence-corrected chi connectivity index (χ2v) is 13.6. The van der Waals surface area contributed by atoms with Gasteiger partial charge in [0.25, 0.3) is 10.0 Å². The summed E-state index contributed by atoms with van der Waals surface area (Å²) >= 11 is 6.34. The zero-order chi connectivity index (χ0) is 32.6. The lowest BCUT2D eigenvalue weighted by molar-refractivity contribution is -0.140. The first kappa shape index (κ1) is 34.1. The third kappa shape index (κ3) is 8.49. The largest absolute Gasteiger partial charge is 0.497 e. The molecule has 1 fully saturated rings. The summed E-state index contributed by atoms with van der Waals surface area (Å²) in [6, 6.07) is 17.4. The molecular weight excluding hydrogens is 614 g/mol. The highest BCUT2D eigenvalue weighted by Crippen LogP contribution is 2.35. The summed E-state index contributed by atoms with van der Waals surface area (Å²) in [6.45, 7) is 3.21. The fourth-order valence-electron chi connectivity index (χ4n) is 5.60. The number of anilines is 1. The highest BCUT2D eigenvalue weighted by Gasteiger charge is 2.35. The molecule has 1 N–H and O–H groups in total. The van der Waals surface area contributed by atoms with Crippen molar-refractivity contribution in [3.05, 3.63) is 82.9 Å². The lowest BCUT2D eigenvalue weighted by Gasteiger charge is -2.34. The monoisotopic (exact) mass is 655 g/mol. The zero-order valence-corrected chi connectivity index (χ0v) is 27.9. The van der Waals surface area contributed by atoms with Crippen LogP contribution in [-0.2, 0) is 26.2 Å². The summed E-state index contributed by atoms with van der Waals surface area (Å²) in [5, 5.41) is 3.43. The number of nitrogens with one attached hydrogen (secondary N) is 1. The Labute approximate surface area is 271 Å². The Balaban J connectivity index is 1.75. The number of ether oxygens (including phenoxy) is 2. The van der Waals surface area contributed by atoms with Crippen molar-refractivity contribution in [1.29, 1.82) is 0 Å². The SMILES string of the molecule is CC[C@@H](C(=O)NC1CCCCC1)N(Cc1ccc(OC)cc1)C(=O)CN(c1cc(Cl)ccc1OC)S(=O)(=O)c1ccc(C)cc1. The topological polar surface area (TPSA) is 105 Å². The number of benzene rings is 3. The van der Waals surface area contributed by atoms with Gasteiger partial charge in [-0.25, -0.2) is 8.42 Å². The molecule has 0 aliphatic heterocycles. The van der Waals surface area contributed by atoms with E-state index in [1.54, 1.807) is 43.5 Å². The molecule has 0 bridgehead atoms. The molecule has 0 aromatic heterocycles. The Kier molecular flexibility index (Phi) is 11.7. The summed E-state index contributed by atoms with van der Waals surface area (Å²) in [7, 11) is -1.29. The maximum Gasteiger partial charge on any atom is 0.264 e. The summed E-state index contributed by atoms with van der Waals surface area (Å²) in [5.74, 6) is 0.0857. The van der Waals surface area contributed by atoms with E-state index in [0.29, 0.717) is 12.2 Å². The fraction of sp³-hybridized carbons (Fsp3) is 0.412. The molecule has 45 heavy (non-hydrogen) atoms. The van der Waals surface area contributed by atoms with Gasteiger partial charge < -0.3 is 19.7 Å². The van der Waals surface area contributed by atoms with Crippen molar-refractivity contribution >= 4 is 39.1 Å². The highest BCUT2D eigenvalue weighted by molar-refractivity contribution is 7.92. The first-order valence-corrected chi connectivity index (χ1v) is 17.0. The van der Waals surface area contributed by atoms with Crippen LogP contribution < -0.4 is 19.1 Å². The molecule has 0 radical (unpaired) electrons. The molecule has 2 amide bonds. The van der Waals surface area contributed by atoms with Gasteiger partial charge in [0.15, 0.2) is 0 Å². The van der Waals surface area contributed by atoms with Gasteiger partial charge >= 0.3 is 0 Å². The number of halogens is 1. The van der Waals surface area contributed by atoms with Crippen LogP contribution in [0.4, 0.5) is 5.69 Å². The van der Waals surface area contributed by atoms with Crippen molar-refractivity contribution in [3.63, 3.8) is 0 Å². The lowest BCUT2D eigenvalue weighted by atomic mass is 9.95. The molecule has 0 heterocycles. The number of hydrogen-bond donors (Lipinski definition) is 1. The first-order chi connectivity index (χ1) is 21.6. The van der Waals surface area contributed by atoms with Crippen molar-refractivity contribution < 1.29 is 27.5 Å². The number of carbonyl (C=O) groups excluding carboxylic acids is 2. The number of nitrogens with zero attached hydrogens (tertiary/aromatic N) is 2. The molecule has 1 saturated carbocycles. The third-order valence-electron chi connectivity index (χ3n) is 8.15. The predicted molar refractivity (Wildman–Crippen MR) is 176 cm³/mol. The van der Waals surface area contributed by atoms with E-state index in [1.807, 2.05) is 26.0 Å². The standard InChI is InChI=1S/C34H42ClN3O6S/c1-5-30(34(40)36-27-9-7-6-8-10-27)37(22-25-13-16-28(43-3)17-14-25)33(39)23-38(31-21-26(35)15-20-32(31)44-4)45(41,42)29-18-11-24(2)12-19-29/h11-21,27,30H,5-10,22-23H2,1-4H3,(H,36,40)/t30-/m0/s1. The number of methoxy groups -OCH3 is 2. The van der Waals surface area contributed by atoms with E-state index in [4.69, 9.17) is 21.1 Å². The Morgan fingerprint density at radius 1 is 0.956 bits per heavy atom. The van der Waals surface area contributed by atoms with Gasteiger partial charge in [0.2, 0.25) is 11.8 Å². The number of hydrogen-bond acceptors (Lipinski definition) is 6. The summed E-state index contributed by atoms with van der Waals surface area (Å²) in [4.78, 5) is 29.6. The molecule has 0 spiro atoms. The van der Waals surface area contributed by atoms with Crippen LogP contribution in [0.2, 0.25) is 5.02 Å². The number of sulfonamides is 1. The van der Waals surface area contributed by atoms with Crippen LogP contribution >= 0.6 is 11.6 Å². The van der Waals surface area contributed by atoms with E-state index < -0.39 is 28.5 Å². The summed E-state index contributed by atoms with van der Waals surface area (Å²) < 4.78 is 40.2. The Morgan fingerprint density at radius 2 is 1.62 bits per heavy atom. The Morgan fingerprint density at radius 3 is 2.22 bits per heavy atom. The fourth-order valence-corrected chi connectivity index (χ4v) is 7.18. The molecular formula is C34H42ClN3O6S. The van der Waals surface area contributed by atoms with Crippen molar-refractivity contribution in [2.45, 2.75) is 75.9 Å². The van der Waals surface area contributed by atoms with Gasteiger partial charge in [0, 0.05) is 17.6 Å². The van der Waals surface area contributed by atoms with Crippen molar-refractivity contribution in [3.8, 4) is 11.5 Å². The van der Waals surface area contributed by atoms with Gasteiger partial charge in [-0.05, 0) is 74.2 Å². The van der Waals surface area contributed by atoms with Gasteiger partial charge in [-0.3, -0.25) is 13.9 Å². The minimum atomic E-state index is -4.28. The van der Waals surface area contributed by atoms with E-state index >= 15 is 0 Å². The highest BCUT2D eigenvalue weighted by atomic mass is 35.5. The average molecular weight is 656 g/mol. The van der Waals surface area contributed by atoms with Crippen LogP contribution in [0.15, 0.2) is 71.6 Å². The minimum absolute atomic E-state index is 0.00622. The van der Waals surface area contributed by atoms with E-state index in [1.165, 1.54) is 30.2 Å². The molecule has 11 heteroatoms. The van der Waals surface area contributed by atoms with E-state index in [-0.39, 0.29) is 39.8 Å². The number of amides is 2. The molecule has 4 rings (SSSR count). The molecule has 3 aromatic carbocycles. The van der Waals surface area contributed by atoms with Crippen LogP contribution in [0.3, 0.4) is 0 Å². The number of carbonyl (C=O) groups is 2. The third-order valence-corrected chi connectivity index (χ3v) is 10.2. The quantitative estimate of drug-likeness (QED) is 0.238. The van der Waals surface area contributed by atoms with Crippen LogP contribution in [0.5, 0.6) is 11.5 Å². The molecule has 1 atom stereocenters. The first-order valence-electron chi connectivity index (χ1n) is 15.2. The second-order valence-electron chi connectivity index (χ2n) is 11.3. The van der Waals surface area contributed by atoms with E-state index in [0.717, 1.165) is 47.5 Å². The van der Waals surface area contributed by atoms with Gasteiger partial charge in [0.05, 0.1) is 24.8 Å².